The number of hydrogen-bond acceptors (Lipinski definition) is 4. The van der Waals surface area contributed by atoms with E-state index in [2.05, 4.69) is 21.6 Å². The molecule has 3 heterocycles. The van der Waals surface area contributed by atoms with Gasteiger partial charge in [0.2, 0.25) is 5.78 Å². The highest BCUT2D eigenvalue weighted by Gasteiger charge is 2.36. The molecular weight excluding hydrogens is 400 g/mol. The predicted octanol–water partition coefficient (Wildman–Crippen LogP) is 5.59. The summed E-state index contributed by atoms with van der Waals surface area (Å²) in [6, 6.07) is 10.8. The summed E-state index contributed by atoms with van der Waals surface area (Å²) >= 11 is 0. The molecule has 1 saturated carbocycles. The van der Waals surface area contributed by atoms with Crippen LogP contribution in [-0.4, -0.2) is 28.0 Å². The molecule has 2 aliphatic heterocycles. The number of benzene rings is 2. The summed E-state index contributed by atoms with van der Waals surface area (Å²) < 4.78 is 14.5. The highest BCUT2D eigenvalue weighted by atomic mass is 16.5. The van der Waals surface area contributed by atoms with Crippen LogP contribution in [-0.2, 0) is 13.6 Å². The zero-order chi connectivity index (χ0) is 21.8. The van der Waals surface area contributed by atoms with Crippen LogP contribution >= 0.6 is 0 Å². The predicted molar refractivity (Wildman–Crippen MR) is 125 cm³/mol. The lowest BCUT2D eigenvalue weighted by molar-refractivity contribution is 0.0393. The van der Waals surface area contributed by atoms with Crippen molar-refractivity contribution in [2.75, 3.05) is 6.73 Å². The van der Waals surface area contributed by atoms with Crippen LogP contribution in [0.5, 0.6) is 11.5 Å². The van der Waals surface area contributed by atoms with Crippen LogP contribution in [0.25, 0.3) is 17.0 Å². The Morgan fingerprint density at radius 1 is 1.12 bits per heavy atom. The highest BCUT2D eigenvalue weighted by Crippen LogP contribution is 2.45. The van der Waals surface area contributed by atoms with Crippen molar-refractivity contribution in [3.05, 3.63) is 64.5 Å². The fourth-order valence-electron chi connectivity index (χ4n) is 5.56. The molecule has 0 amide bonds. The number of allylic oxidation sites excluding steroid dienone is 1. The van der Waals surface area contributed by atoms with Crippen LogP contribution in [0.3, 0.4) is 0 Å². The molecule has 3 aliphatic rings. The monoisotopic (exact) mass is 428 g/mol. The summed E-state index contributed by atoms with van der Waals surface area (Å²) in [5.74, 6) is 1.90. The van der Waals surface area contributed by atoms with Gasteiger partial charge >= 0.3 is 0 Å². The summed E-state index contributed by atoms with van der Waals surface area (Å²) in [5.41, 5.74) is 4.73. The van der Waals surface area contributed by atoms with Crippen LogP contribution < -0.4 is 9.47 Å². The molecule has 1 aromatic heterocycles. The molecule has 32 heavy (non-hydrogen) atoms. The average Bonchev–Trinajstić information content (AvgIpc) is 3.32. The molecule has 0 atom stereocenters. The molecule has 0 radical (unpaired) electrons. The lowest BCUT2D eigenvalue weighted by Gasteiger charge is -2.37. The fourth-order valence-corrected chi connectivity index (χ4v) is 5.56. The summed E-state index contributed by atoms with van der Waals surface area (Å²) in [7, 11) is 2.02. The lowest BCUT2D eigenvalue weighted by atomic mass is 9.93. The molecule has 5 nitrogen and oxygen atoms in total. The first-order chi connectivity index (χ1) is 15.6. The number of hydrogen-bond donors (Lipinski definition) is 0. The first-order valence-corrected chi connectivity index (χ1v) is 11.6. The Morgan fingerprint density at radius 2 is 1.94 bits per heavy atom. The molecule has 2 aromatic carbocycles. The maximum absolute atomic E-state index is 13.4. The van der Waals surface area contributed by atoms with Gasteiger partial charge in [0, 0.05) is 42.3 Å². The Hall–Kier alpha value is -3.05. The maximum atomic E-state index is 13.4. The SMILES string of the molecule is Cc1cc2c(c3c1C(=O)/C(=C/c1cn(C)c4ccccc14)O3)CN(C1CCCCC1)CO2. The van der Waals surface area contributed by atoms with Gasteiger partial charge in [-0.2, -0.15) is 0 Å². The van der Waals surface area contributed by atoms with Crippen molar-refractivity contribution in [2.24, 2.45) is 7.05 Å². The minimum atomic E-state index is -0.0389. The number of carbonyl (C=O) groups excluding carboxylic acids is 1. The average molecular weight is 429 g/mol. The highest BCUT2D eigenvalue weighted by molar-refractivity contribution is 6.16. The summed E-state index contributed by atoms with van der Waals surface area (Å²) in [5, 5.41) is 1.11. The van der Waals surface area contributed by atoms with Crippen LogP contribution in [0.2, 0.25) is 0 Å². The van der Waals surface area contributed by atoms with Gasteiger partial charge in [0.25, 0.3) is 0 Å². The molecule has 0 bridgehead atoms. The third-order valence-electron chi connectivity index (χ3n) is 7.26. The van der Waals surface area contributed by atoms with E-state index in [1.54, 1.807) is 0 Å². The van der Waals surface area contributed by atoms with E-state index in [4.69, 9.17) is 9.47 Å². The van der Waals surface area contributed by atoms with Gasteiger partial charge in [0.1, 0.15) is 18.2 Å². The lowest BCUT2D eigenvalue weighted by Crippen LogP contribution is -2.41. The van der Waals surface area contributed by atoms with Crippen LogP contribution in [0.15, 0.2) is 42.3 Å². The second-order valence-corrected chi connectivity index (χ2v) is 9.34. The molecular formula is C27H28N2O3. The van der Waals surface area contributed by atoms with E-state index in [0.29, 0.717) is 29.8 Å². The number of aromatic nitrogens is 1. The van der Waals surface area contributed by atoms with Gasteiger partial charge in [-0.1, -0.05) is 37.5 Å². The second-order valence-electron chi connectivity index (χ2n) is 9.34. The molecule has 0 spiro atoms. The third-order valence-corrected chi connectivity index (χ3v) is 7.26. The molecule has 0 unspecified atom stereocenters. The summed E-state index contributed by atoms with van der Waals surface area (Å²) in [4.78, 5) is 15.8. The topological polar surface area (TPSA) is 43.7 Å². The van der Waals surface area contributed by atoms with Crippen molar-refractivity contribution in [1.82, 2.24) is 9.47 Å². The number of Topliss-reactive ketones (excluding diaryl/α,β-unsaturated/α-hetero) is 1. The number of para-hydroxylation sites is 1. The second kappa shape index (κ2) is 7.52. The van der Waals surface area contributed by atoms with E-state index in [9.17, 15) is 4.79 Å². The maximum Gasteiger partial charge on any atom is 0.232 e. The standard InChI is InChI=1S/C27H28N2O3/c1-17-12-23-21(15-29(16-31-23)19-8-4-3-5-9-19)27-25(17)26(30)24(32-27)13-18-14-28(2)22-11-7-6-10-20(18)22/h6-7,10-14,19H,3-5,8-9,15-16H2,1-2H3/b24-13-. The number of ketones is 1. The molecule has 164 valence electrons. The van der Waals surface area contributed by atoms with Crippen molar-refractivity contribution in [2.45, 2.75) is 51.6 Å². The first kappa shape index (κ1) is 19.6. The molecule has 6 rings (SSSR count). The van der Waals surface area contributed by atoms with E-state index in [1.807, 2.05) is 44.4 Å². The first-order valence-electron chi connectivity index (χ1n) is 11.6. The minimum Gasteiger partial charge on any atom is -0.478 e. The van der Waals surface area contributed by atoms with E-state index in [1.165, 1.54) is 32.1 Å². The van der Waals surface area contributed by atoms with E-state index in [0.717, 1.165) is 39.9 Å². The number of rotatable bonds is 2. The van der Waals surface area contributed by atoms with Crippen LogP contribution in [0.1, 0.15) is 59.2 Å². The number of ether oxygens (including phenoxy) is 2. The quantitative estimate of drug-likeness (QED) is 0.499. The van der Waals surface area contributed by atoms with E-state index in [-0.39, 0.29) is 5.78 Å². The van der Waals surface area contributed by atoms with Crippen molar-refractivity contribution in [3.63, 3.8) is 0 Å². The Morgan fingerprint density at radius 3 is 2.78 bits per heavy atom. The molecule has 1 aliphatic carbocycles. The molecule has 1 fully saturated rings. The van der Waals surface area contributed by atoms with Gasteiger partial charge in [-0.3, -0.25) is 9.69 Å². The molecule has 3 aromatic rings. The Labute approximate surface area is 188 Å². The van der Waals surface area contributed by atoms with Gasteiger partial charge in [-0.25, -0.2) is 0 Å². The summed E-state index contributed by atoms with van der Waals surface area (Å²) in [6.07, 6.45) is 10.3. The largest absolute Gasteiger partial charge is 0.478 e. The van der Waals surface area contributed by atoms with Gasteiger partial charge < -0.3 is 14.0 Å². The van der Waals surface area contributed by atoms with Gasteiger partial charge in [0.05, 0.1) is 11.1 Å². The Balaban J connectivity index is 1.38. The van der Waals surface area contributed by atoms with Gasteiger partial charge in [0.15, 0.2) is 5.76 Å². The van der Waals surface area contributed by atoms with Crippen LogP contribution in [0, 0.1) is 6.92 Å². The van der Waals surface area contributed by atoms with Crippen molar-refractivity contribution in [3.8, 4) is 11.5 Å². The number of fused-ring (bicyclic) bond motifs is 4. The minimum absolute atomic E-state index is 0.0389. The van der Waals surface area contributed by atoms with Gasteiger partial charge in [-0.15, -0.1) is 0 Å². The van der Waals surface area contributed by atoms with Crippen molar-refractivity contribution >= 4 is 22.8 Å². The summed E-state index contributed by atoms with van der Waals surface area (Å²) in [6.45, 7) is 3.36. The molecule has 5 heteroatoms. The molecule has 0 N–H and O–H groups in total. The van der Waals surface area contributed by atoms with Crippen LogP contribution in [0.4, 0.5) is 0 Å². The van der Waals surface area contributed by atoms with E-state index >= 15 is 0 Å². The fraction of sp³-hybridized carbons (Fsp3) is 0.370. The number of nitrogens with zero attached hydrogens (tertiary/aromatic N) is 2. The zero-order valence-electron chi connectivity index (χ0n) is 18.7. The van der Waals surface area contributed by atoms with E-state index < -0.39 is 0 Å². The Kier molecular flexibility index (Phi) is 4.61. The van der Waals surface area contributed by atoms with Gasteiger partial charge in [-0.05, 0) is 43.5 Å². The normalized spacial score (nSPS) is 20.3. The number of aryl methyl sites for hydroxylation is 2. The number of carbonyl (C=O) groups is 1. The Bertz CT molecular complexity index is 1260. The zero-order valence-corrected chi connectivity index (χ0v) is 18.7. The van der Waals surface area contributed by atoms with Crippen molar-refractivity contribution in [1.29, 1.82) is 0 Å². The smallest absolute Gasteiger partial charge is 0.232 e. The van der Waals surface area contributed by atoms with Crippen molar-refractivity contribution < 1.29 is 14.3 Å². The molecule has 0 saturated heterocycles. The third kappa shape index (κ3) is 3.06.